The minimum Gasteiger partial charge on any atom is -0.345 e. The monoisotopic (exact) mass is 538 g/mol. The van der Waals surface area contributed by atoms with E-state index in [2.05, 4.69) is 36.9 Å². The largest absolute Gasteiger partial charge is 0.345 e. The van der Waals surface area contributed by atoms with Crippen molar-refractivity contribution in [3.05, 3.63) is 40.2 Å². The van der Waals surface area contributed by atoms with Crippen molar-refractivity contribution in [3.8, 4) is 0 Å². The Morgan fingerprint density at radius 3 is 2.53 bits per heavy atom. The number of sulfonamides is 1. The van der Waals surface area contributed by atoms with E-state index in [0.717, 1.165) is 22.0 Å². The molecule has 182 valence electrons. The van der Waals surface area contributed by atoms with Crippen molar-refractivity contribution < 1.29 is 13.2 Å². The molecule has 0 N–H and O–H groups in total. The van der Waals surface area contributed by atoms with Crippen LogP contribution < -0.4 is 4.90 Å². The molecule has 2 fully saturated rings. The average Bonchev–Trinajstić information content (AvgIpc) is 3.57. The molecule has 11 heteroatoms. The highest BCUT2D eigenvalue weighted by Crippen LogP contribution is 2.35. The van der Waals surface area contributed by atoms with E-state index in [1.54, 1.807) is 17.4 Å². The Kier molecular flexibility index (Phi) is 6.62. The van der Waals surface area contributed by atoms with Crippen LogP contribution in [0.25, 0.3) is 10.2 Å². The van der Waals surface area contributed by atoms with Gasteiger partial charge in [0.05, 0.1) is 14.6 Å². The summed E-state index contributed by atoms with van der Waals surface area (Å²) < 4.78 is 29.4. The first kappa shape index (κ1) is 24.0. The molecule has 0 saturated carbocycles. The van der Waals surface area contributed by atoms with E-state index in [1.165, 1.54) is 20.6 Å². The molecule has 3 aromatic rings. The number of hydrogen-bond acceptors (Lipinski definition) is 7. The molecule has 1 amide bonds. The topological polar surface area (TPSA) is 73.8 Å². The SMILES string of the molecule is CC(C)c1cccc2sc(N3CCN(C(=O)C4CCCN4S(=O)(=O)c4ccc(Cl)s4)CC3)nc12. The lowest BCUT2D eigenvalue weighted by Gasteiger charge is -2.37. The lowest BCUT2D eigenvalue weighted by Crippen LogP contribution is -2.54. The fourth-order valence-corrected chi connectivity index (χ4v) is 9.03. The van der Waals surface area contributed by atoms with Gasteiger partial charge < -0.3 is 9.80 Å². The second-order valence-corrected chi connectivity index (χ2v) is 13.8. The van der Waals surface area contributed by atoms with Gasteiger partial charge in [0.25, 0.3) is 10.0 Å². The van der Waals surface area contributed by atoms with Gasteiger partial charge in [0.1, 0.15) is 10.3 Å². The molecule has 1 atom stereocenters. The highest BCUT2D eigenvalue weighted by molar-refractivity contribution is 7.91. The summed E-state index contributed by atoms with van der Waals surface area (Å²) in [7, 11) is -3.73. The van der Waals surface area contributed by atoms with E-state index in [4.69, 9.17) is 16.6 Å². The number of rotatable bonds is 5. The van der Waals surface area contributed by atoms with Gasteiger partial charge in [-0.25, -0.2) is 13.4 Å². The van der Waals surface area contributed by atoms with Crippen LogP contribution in [0.15, 0.2) is 34.5 Å². The molecule has 1 unspecified atom stereocenters. The number of benzene rings is 1. The van der Waals surface area contributed by atoms with Gasteiger partial charge in [0.2, 0.25) is 5.91 Å². The number of carbonyl (C=O) groups excluding carboxylic acids is 1. The second-order valence-electron chi connectivity index (χ2n) is 8.99. The third kappa shape index (κ3) is 4.35. The summed E-state index contributed by atoms with van der Waals surface area (Å²) in [5.41, 5.74) is 2.32. The van der Waals surface area contributed by atoms with E-state index in [9.17, 15) is 13.2 Å². The Labute approximate surface area is 213 Å². The summed E-state index contributed by atoms with van der Waals surface area (Å²) in [4.78, 5) is 22.3. The Morgan fingerprint density at radius 1 is 1.09 bits per heavy atom. The molecule has 1 aromatic carbocycles. The molecule has 4 heterocycles. The van der Waals surface area contributed by atoms with Gasteiger partial charge in [0, 0.05) is 32.7 Å². The summed E-state index contributed by atoms with van der Waals surface area (Å²) in [6.45, 7) is 7.20. The fourth-order valence-electron chi connectivity index (χ4n) is 4.71. The number of halogens is 1. The number of amides is 1. The molecule has 2 aromatic heterocycles. The first-order valence-electron chi connectivity index (χ1n) is 11.5. The van der Waals surface area contributed by atoms with E-state index in [0.29, 0.717) is 55.8 Å². The molecule has 2 aliphatic heterocycles. The van der Waals surface area contributed by atoms with Crippen molar-refractivity contribution >= 4 is 65.6 Å². The molecule has 7 nitrogen and oxygen atoms in total. The van der Waals surface area contributed by atoms with Gasteiger partial charge in [-0.1, -0.05) is 48.9 Å². The third-order valence-corrected chi connectivity index (χ3v) is 11.2. The van der Waals surface area contributed by atoms with E-state index in [1.807, 2.05) is 4.90 Å². The summed E-state index contributed by atoms with van der Waals surface area (Å²) >= 11 is 8.68. The highest BCUT2D eigenvalue weighted by atomic mass is 35.5. The van der Waals surface area contributed by atoms with Gasteiger partial charge in [-0.15, -0.1) is 11.3 Å². The minimum atomic E-state index is -3.73. The number of fused-ring (bicyclic) bond motifs is 1. The van der Waals surface area contributed by atoms with E-state index >= 15 is 0 Å². The van der Waals surface area contributed by atoms with Gasteiger partial charge in [0.15, 0.2) is 5.13 Å². The Morgan fingerprint density at radius 2 is 1.85 bits per heavy atom. The lowest BCUT2D eigenvalue weighted by atomic mass is 10.0. The van der Waals surface area contributed by atoms with Crippen molar-refractivity contribution in [2.24, 2.45) is 0 Å². The molecular weight excluding hydrogens is 512 g/mol. The normalized spacial score (nSPS) is 20.1. The smallest absolute Gasteiger partial charge is 0.253 e. The zero-order valence-corrected chi connectivity index (χ0v) is 22.3. The Balaban J connectivity index is 1.28. The number of thiazole rings is 1. The van der Waals surface area contributed by atoms with Crippen LogP contribution >= 0.6 is 34.3 Å². The van der Waals surface area contributed by atoms with Crippen molar-refractivity contribution in [3.63, 3.8) is 0 Å². The number of nitrogens with zero attached hydrogens (tertiary/aromatic N) is 4. The zero-order chi connectivity index (χ0) is 24.0. The summed E-state index contributed by atoms with van der Waals surface area (Å²) in [5, 5.41) is 0.981. The van der Waals surface area contributed by atoms with Crippen LogP contribution in [-0.4, -0.2) is 67.3 Å². The molecular formula is C23H27ClN4O3S3. The number of para-hydroxylation sites is 1. The Hall–Kier alpha value is -1.72. The summed E-state index contributed by atoms with van der Waals surface area (Å²) in [6, 6.07) is 8.79. The van der Waals surface area contributed by atoms with Gasteiger partial charge in [-0.3, -0.25) is 4.79 Å². The molecule has 0 bridgehead atoms. The molecule has 5 rings (SSSR count). The third-order valence-electron chi connectivity index (χ3n) is 6.52. The number of anilines is 1. The quantitative estimate of drug-likeness (QED) is 0.473. The van der Waals surface area contributed by atoms with Gasteiger partial charge in [-0.2, -0.15) is 4.31 Å². The highest BCUT2D eigenvalue weighted by Gasteiger charge is 2.42. The van der Waals surface area contributed by atoms with Crippen LogP contribution in [0.2, 0.25) is 4.34 Å². The molecule has 34 heavy (non-hydrogen) atoms. The fraction of sp³-hybridized carbons (Fsp3) is 0.478. The maximum absolute atomic E-state index is 13.4. The van der Waals surface area contributed by atoms with E-state index in [-0.39, 0.29) is 10.1 Å². The maximum Gasteiger partial charge on any atom is 0.253 e. The molecule has 0 aliphatic carbocycles. The van der Waals surface area contributed by atoms with Crippen LogP contribution in [0.3, 0.4) is 0 Å². The predicted octanol–water partition coefficient (Wildman–Crippen LogP) is 4.64. The van der Waals surface area contributed by atoms with Gasteiger partial charge in [-0.05, 0) is 42.5 Å². The standard InChI is InChI=1S/C23H27ClN4O3S3/c1-15(2)16-5-3-7-18-21(16)25-23(32-18)27-13-11-26(12-14-27)22(29)17-6-4-10-28(17)34(30,31)20-9-8-19(24)33-20/h3,5,7-9,15,17H,4,6,10-14H2,1-2H3. The van der Waals surface area contributed by atoms with E-state index < -0.39 is 16.1 Å². The maximum atomic E-state index is 13.4. The van der Waals surface area contributed by atoms with Crippen LogP contribution in [0.4, 0.5) is 5.13 Å². The predicted molar refractivity (Wildman–Crippen MR) is 139 cm³/mol. The number of aromatic nitrogens is 1. The molecule has 2 aliphatic rings. The molecule has 0 spiro atoms. The van der Waals surface area contributed by atoms with Crippen LogP contribution in [0.1, 0.15) is 38.2 Å². The first-order chi connectivity index (χ1) is 16.3. The number of piperazine rings is 1. The number of hydrogen-bond donors (Lipinski definition) is 0. The number of carbonyl (C=O) groups is 1. The van der Waals surface area contributed by atoms with Crippen molar-refractivity contribution in [1.82, 2.24) is 14.2 Å². The zero-order valence-electron chi connectivity index (χ0n) is 19.1. The number of thiophene rings is 1. The minimum absolute atomic E-state index is 0.102. The summed E-state index contributed by atoms with van der Waals surface area (Å²) in [5.74, 6) is 0.304. The first-order valence-corrected chi connectivity index (χ1v) is 14.9. The summed E-state index contributed by atoms with van der Waals surface area (Å²) in [6.07, 6.45) is 1.23. The average molecular weight is 539 g/mol. The van der Waals surface area contributed by atoms with Crippen LogP contribution in [0.5, 0.6) is 0 Å². The van der Waals surface area contributed by atoms with Crippen LogP contribution in [-0.2, 0) is 14.8 Å². The van der Waals surface area contributed by atoms with Crippen molar-refractivity contribution in [2.75, 3.05) is 37.6 Å². The van der Waals surface area contributed by atoms with Gasteiger partial charge >= 0.3 is 0 Å². The van der Waals surface area contributed by atoms with Crippen molar-refractivity contribution in [1.29, 1.82) is 0 Å². The second kappa shape index (κ2) is 9.39. The molecule has 2 saturated heterocycles. The van der Waals surface area contributed by atoms with Crippen LogP contribution in [0, 0.1) is 0 Å². The van der Waals surface area contributed by atoms with Crippen molar-refractivity contribution in [2.45, 2.75) is 42.9 Å². The molecule has 0 radical (unpaired) electrons. The lowest BCUT2D eigenvalue weighted by molar-refractivity contribution is -0.134. The Bertz CT molecular complexity index is 1310.